The van der Waals surface area contributed by atoms with Crippen LogP contribution >= 0.6 is 0 Å². The lowest BCUT2D eigenvalue weighted by Gasteiger charge is -2.05. The van der Waals surface area contributed by atoms with Gasteiger partial charge < -0.3 is 0 Å². The highest BCUT2D eigenvalue weighted by Gasteiger charge is 2.04. The molecule has 0 spiro atoms. The standard InChI is InChI=1S/C12H11NO2/c1-8-4-3-5-11-6-10(9(2)14)7-12(15)13(8)11/h3-7H,1-2H3. The van der Waals surface area contributed by atoms with E-state index in [4.69, 9.17) is 0 Å². The summed E-state index contributed by atoms with van der Waals surface area (Å²) >= 11 is 0. The highest BCUT2D eigenvalue weighted by Crippen LogP contribution is 2.07. The summed E-state index contributed by atoms with van der Waals surface area (Å²) < 4.78 is 1.59. The van der Waals surface area contributed by atoms with Crippen LogP contribution < -0.4 is 5.56 Å². The molecule has 0 fully saturated rings. The summed E-state index contributed by atoms with van der Waals surface area (Å²) in [6, 6.07) is 8.66. The van der Waals surface area contributed by atoms with Crippen LogP contribution in [0.25, 0.3) is 5.52 Å². The van der Waals surface area contributed by atoms with Gasteiger partial charge in [0.25, 0.3) is 5.56 Å². The van der Waals surface area contributed by atoms with Crippen LogP contribution in [0.4, 0.5) is 0 Å². The van der Waals surface area contributed by atoms with E-state index in [9.17, 15) is 9.59 Å². The van der Waals surface area contributed by atoms with Gasteiger partial charge in [-0.2, -0.15) is 0 Å². The van der Waals surface area contributed by atoms with Crippen LogP contribution in [0.5, 0.6) is 0 Å². The van der Waals surface area contributed by atoms with E-state index >= 15 is 0 Å². The number of hydrogen-bond donors (Lipinski definition) is 0. The quantitative estimate of drug-likeness (QED) is 0.660. The smallest absolute Gasteiger partial charge is 0.255 e. The largest absolute Gasteiger partial charge is 0.295 e. The minimum atomic E-state index is -0.157. The molecule has 76 valence electrons. The van der Waals surface area contributed by atoms with Gasteiger partial charge in [-0.1, -0.05) is 6.07 Å². The van der Waals surface area contributed by atoms with Crippen LogP contribution in [0.15, 0.2) is 35.1 Å². The van der Waals surface area contributed by atoms with E-state index in [1.54, 1.807) is 10.5 Å². The first-order valence-electron chi connectivity index (χ1n) is 4.73. The van der Waals surface area contributed by atoms with Crippen molar-refractivity contribution < 1.29 is 4.79 Å². The van der Waals surface area contributed by atoms with E-state index in [0.29, 0.717) is 5.56 Å². The Morgan fingerprint density at radius 2 is 2.00 bits per heavy atom. The topological polar surface area (TPSA) is 38.5 Å². The molecule has 0 radical (unpaired) electrons. The molecule has 0 aliphatic heterocycles. The van der Waals surface area contributed by atoms with Crippen molar-refractivity contribution in [2.45, 2.75) is 13.8 Å². The molecule has 0 atom stereocenters. The molecular formula is C12H11NO2. The van der Waals surface area contributed by atoms with Crippen molar-refractivity contribution >= 4 is 11.3 Å². The van der Waals surface area contributed by atoms with Crippen LogP contribution in [0.3, 0.4) is 0 Å². The molecule has 15 heavy (non-hydrogen) atoms. The molecule has 2 heterocycles. The van der Waals surface area contributed by atoms with Gasteiger partial charge in [0.15, 0.2) is 5.78 Å². The molecule has 0 N–H and O–H groups in total. The first kappa shape index (κ1) is 9.65. The highest BCUT2D eigenvalue weighted by atomic mass is 16.1. The third kappa shape index (κ3) is 1.56. The SMILES string of the molecule is CC(=O)c1cc(=O)n2c(C)cccc2c1. The summed E-state index contributed by atoms with van der Waals surface area (Å²) in [7, 11) is 0. The van der Waals surface area contributed by atoms with Crippen LogP contribution in [0.2, 0.25) is 0 Å². The molecule has 2 rings (SSSR count). The van der Waals surface area contributed by atoms with Gasteiger partial charge in [0.05, 0.1) is 0 Å². The third-order valence-corrected chi connectivity index (χ3v) is 2.42. The molecule has 0 aliphatic rings. The number of carbonyl (C=O) groups excluding carboxylic acids is 1. The maximum Gasteiger partial charge on any atom is 0.255 e. The van der Waals surface area contributed by atoms with E-state index in [2.05, 4.69) is 0 Å². The number of rotatable bonds is 1. The van der Waals surface area contributed by atoms with Gasteiger partial charge in [-0.15, -0.1) is 0 Å². The molecule has 3 heteroatoms. The summed E-state index contributed by atoms with van der Waals surface area (Å²) in [5, 5.41) is 0. The number of fused-ring (bicyclic) bond motifs is 1. The second kappa shape index (κ2) is 3.35. The zero-order valence-electron chi connectivity index (χ0n) is 8.65. The number of Topliss-reactive ketones (excluding diaryl/α,β-unsaturated/α-hetero) is 1. The Kier molecular flexibility index (Phi) is 2.15. The number of carbonyl (C=O) groups is 1. The lowest BCUT2D eigenvalue weighted by Crippen LogP contribution is -2.16. The molecule has 0 bridgehead atoms. The molecule has 0 amide bonds. The Labute approximate surface area is 87.0 Å². The van der Waals surface area contributed by atoms with E-state index in [1.165, 1.54) is 13.0 Å². The number of hydrogen-bond acceptors (Lipinski definition) is 2. The van der Waals surface area contributed by atoms with Crippen molar-refractivity contribution in [2.75, 3.05) is 0 Å². The highest BCUT2D eigenvalue weighted by molar-refractivity contribution is 5.95. The molecule has 0 aromatic carbocycles. The first-order valence-corrected chi connectivity index (χ1v) is 4.73. The molecule has 0 aliphatic carbocycles. The average Bonchev–Trinajstić information content (AvgIpc) is 2.17. The Morgan fingerprint density at radius 1 is 1.27 bits per heavy atom. The van der Waals surface area contributed by atoms with Crippen LogP contribution in [0.1, 0.15) is 23.0 Å². The normalized spacial score (nSPS) is 10.5. The van der Waals surface area contributed by atoms with Gasteiger partial charge in [0, 0.05) is 22.8 Å². The number of ketones is 1. The lowest BCUT2D eigenvalue weighted by atomic mass is 10.1. The maximum absolute atomic E-state index is 11.7. The summed E-state index contributed by atoms with van der Waals surface area (Å²) in [5.41, 5.74) is 1.93. The fraction of sp³-hybridized carbons (Fsp3) is 0.167. The molecule has 0 saturated heterocycles. The first-order chi connectivity index (χ1) is 7.09. The van der Waals surface area contributed by atoms with E-state index in [-0.39, 0.29) is 11.3 Å². The second-order valence-corrected chi connectivity index (χ2v) is 3.57. The third-order valence-electron chi connectivity index (χ3n) is 2.42. The fourth-order valence-electron chi connectivity index (χ4n) is 1.65. The lowest BCUT2D eigenvalue weighted by molar-refractivity contribution is 0.101. The fourth-order valence-corrected chi connectivity index (χ4v) is 1.65. The summed E-state index contributed by atoms with van der Waals surface area (Å²) in [4.78, 5) is 22.9. The molecule has 0 saturated carbocycles. The van der Waals surface area contributed by atoms with Crippen LogP contribution in [0, 0.1) is 6.92 Å². The molecule has 3 nitrogen and oxygen atoms in total. The zero-order chi connectivity index (χ0) is 11.0. The predicted octanol–water partition coefficient (Wildman–Crippen LogP) is 1.81. The van der Waals surface area contributed by atoms with E-state index in [1.807, 2.05) is 25.1 Å². The van der Waals surface area contributed by atoms with Crippen molar-refractivity contribution in [3.05, 3.63) is 51.9 Å². The minimum Gasteiger partial charge on any atom is -0.295 e. The van der Waals surface area contributed by atoms with Crippen molar-refractivity contribution in [2.24, 2.45) is 0 Å². The van der Waals surface area contributed by atoms with Crippen molar-refractivity contribution in [1.29, 1.82) is 0 Å². The van der Waals surface area contributed by atoms with Crippen molar-refractivity contribution in [3.8, 4) is 0 Å². The molecule has 2 aromatic rings. The number of aryl methyl sites for hydroxylation is 1. The number of pyridine rings is 2. The van der Waals surface area contributed by atoms with Gasteiger partial charge in [-0.25, -0.2) is 0 Å². The van der Waals surface area contributed by atoms with Crippen molar-refractivity contribution in [3.63, 3.8) is 0 Å². The Morgan fingerprint density at radius 3 is 2.67 bits per heavy atom. The predicted molar refractivity (Wildman–Crippen MR) is 58.4 cm³/mol. The zero-order valence-corrected chi connectivity index (χ0v) is 8.65. The van der Waals surface area contributed by atoms with Gasteiger partial charge in [0.1, 0.15) is 0 Å². The van der Waals surface area contributed by atoms with E-state index < -0.39 is 0 Å². The second-order valence-electron chi connectivity index (χ2n) is 3.57. The van der Waals surface area contributed by atoms with Crippen LogP contribution in [-0.4, -0.2) is 10.2 Å². The van der Waals surface area contributed by atoms with Gasteiger partial charge in [-0.3, -0.25) is 14.0 Å². The molecular weight excluding hydrogens is 190 g/mol. The van der Waals surface area contributed by atoms with Gasteiger partial charge in [-0.05, 0) is 32.0 Å². The summed E-state index contributed by atoms with van der Waals surface area (Å²) in [5.74, 6) is -0.0869. The van der Waals surface area contributed by atoms with E-state index in [0.717, 1.165) is 11.2 Å². The average molecular weight is 201 g/mol. The van der Waals surface area contributed by atoms with Crippen LogP contribution in [-0.2, 0) is 0 Å². The number of aromatic nitrogens is 1. The maximum atomic E-state index is 11.7. The number of nitrogens with zero attached hydrogens (tertiary/aromatic N) is 1. The van der Waals surface area contributed by atoms with Gasteiger partial charge in [0.2, 0.25) is 0 Å². The van der Waals surface area contributed by atoms with Crippen molar-refractivity contribution in [1.82, 2.24) is 4.40 Å². The summed E-state index contributed by atoms with van der Waals surface area (Å²) in [6.07, 6.45) is 0. The molecule has 0 unspecified atom stereocenters. The van der Waals surface area contributed by atoms with Gasteiger partial charge >= 0.3 is 0 Å². The summed E-state index contributed by atoms with van der Waals surface area (Å²) in [6.45, 7) is 3.32. The monoisotopic (exact) mass is 201 g/mol. The Bertz CT molecular complexity index is 596. The molecule has 2 aromatic heterocycles. The minimum absolute atomic E-state index is 0.0869. The Balaban J connectivity index is 2.91. The Hall–Kier alpha value is -1.90.